The summed E-state index contributed by atoms with van der Waals surface area (Å²) in [5, 5.41) is 6.65. The van der Waals surface area contributed by atoms with Crippen LogP contribution in [0.5, 0.6) is 11.6 Å². The molecule has 164 valence electrons. The molecule has 1 heterocycles. The molecule has 2 N–H and O–H groups in total. The van der Waals surface area contributed by atoms with Gasteiger partial charge in [-0.25, -0.2) is 4.98 Å². The van der Waals surface area contributed by atoms with E-state index in [1.165, 1.54) is 0 Å². The van der Waals surface area contributed by atoms with Crippen molar-refractivity contribution in [3.63, 3.8) is 0 Å². The molecule has 0 bridgehead atoms. The highest BCUT2D eigenvalue weighted by atomic mass is 127. The van der Waals surface area contributed by atoms with E-state index >= 15 is 0 Å². The molecule has 0 radical (unpaired) electrons. The maximum Gasteiger partial charge on any atom is 0.213 e. The lowest BCUT2D eigenvalue weighted by molar-refractivity contribution is 0.293. The number of halogens is 1. The molecule has 0 atom stereocenters. The van der Waals surface area contributed by atoms with E-state index in [0.29, 0.717) is 38.1 Å². The van der Waals surface area contributed by atoms with Crippen LogP contribution in [0.15, 0.2) is 77.9 Å². The number of para-hydroxylation sites is 1. The van der Waals surface area contributed by atoms with Crippen LogP contribution in [0.4, 0.5) is 0 Å². The Balaban J connectivity index is 0.00000341. The van der Waals surface area contributed by atoms with Crippen molar-refractivity contribution in [3.05, 3.63) is 89.6 Å². The van der Waals surface area contributed by atoms with Crippen molar-refractivity contribution in [2.75, 3.05) is 13.7 Å². The van der Waals surface area contributed by atoms with Crippen molar-refractivity contribution < 1.29 is 9.47 Å². The number of aromatic nitrogens is 1. The molecule has 0 aliphatic heterocycles. The zero-order chi connectivity index (χ0) is 21.0. The standard InChI is InChI=1S/C24H28N4O2.HI/c1-3-29-22-12-8-7-11-21(22)17-28-24(25-2)27-16-20-13-14-26-23(15-20)30-18-19-9-5-4-6-10-19;/h4-15H,3,16-18H2,1-2H3,(H2,25,27,28);1H. The minimum absolute atomic E-state index is 0. The first-order chi connectivity index (χ1) is 14.8. The number of benzene rings is 2. The summed E-state index contributed by atoms with van der Waals surface area (Å²) in [5.41, 5.74) is 3.26. The molecule has 0 aliphatic carbocycles. The third-order valence-electron chi connectivity index (χ3n) is 4.43. The quantitative estimate of drug-likeness (QED) is 0.241. The number of ether oxygens (including phenoxy) is 2. The number of hydrogen-bond acceptors (Lipinski definition) is 4. The summed E-state index contributed by atoms with van der Waals surface area (Å²) in [6, 6.07) is 21.9. The lowest BCUT2D eigenvalue weighted by Crippen LogP contribution is -2.36. The van der Waals surface area contributed by atoms with Gasteiger partial charge < -0.3 is 20.1 Å². The van der Waals surface area contributed by atoms with Crippen LogP contribution in [0, 0.1) is 0 Å². The molecule has 0 aliphatic rings. The zero-order valence-electron chi connectivity index (χ0n) is 17.9. The Morgan fingerprint density at radius 3 is 2.42 bits per heavy atom. The Morgan fingerprint density at radius 1 is 0.903 bits per heavy atom. The van der Waals surface area contributed by atoms with Gasteiger partial charge in [0.1, 0.15) is 12.4 Å². The number of aliphatic imine (C=N–C) groups is 1. The van der Waals surface area contributed by atoms with Crippen LogP contribution in [-0.4, -0.2) is 24.6 Å². The summed E-state index contributed by atoms with van der Waals surface area (Å²) in [6.45, 7) is 4.35. The topological polar surface area (TPSA) is 67.8 Å². The smallest absolute Gasteiger partial charge is 0.213 e. The fourth-order valence-electron chi connectivity index (χ4n) is 2.90. The predicted octanol–water partition coefficient (Wildman–Crippen LogP) is 4.54. The SMILES string of the molecule is CCOc1ccccc1CNC(=NC)NCc1ccnc(OCc2ccccc2)c1.I. The van der Waals surface area contributed by atoms with Crippen LogP contribution in [0.1, 0.15) is 23.6 Å². The Hall–Kier alpha value is -2.81. The van der Waals surface area contributed by atoms with E-state index in [1.807, 2.05) is 73.7 Å². The summed E-state index contributed by atoms with van der Waals surface area (Å²) in [7, 11) is 1.75. The molecule has 2 aromatic carbocycles. The summed E-state index contributed by atoms with van der Waals surface area (Å²) >= 11 is 0. The number of guanidine groups is 1. The van der Waals surface area contributed by atoms with Crippen molar-refractivity contribution in [3.8, 4) is 11.6 Å². The van der Waals surface area contributed by atoms with Gasteiger partial charge in [0, 0.05) is 38.0 Å². The molecule has 1 aromatic heterocycles. The number of rotatable bonds is 9. The van der Waals surface area contributed by atoms with Gasteiger partial charge in [-0.15, -0.1) is 24.0 Å². The monoisotopic (exact) mass is 532 g/mol. The van der Waals surface area contributed by atoms with Gasteiger partial charge in [-0.3, -0.25) is 4.99 Å². The van der Waals surface area contributed by atoms with Crippen molar-refractivity contribution >= 4 is 29.9 Å². The first-order valence-electron chi connectivity index (χ1n) is 10.1. The average molecular weight is 532 g/mol. The molecule has 0 unspecified atom stereocenters. The van der Waals surface area contributed by atoms with Crippen molar-refractivity contribution in [2.24, 2.45) is 4.99 Å². The molecule has 3 rings (SSSR count). The van der Waals surface area contributed by atoms with Gasteiger partial charge in [0.05, 0.1) is 6.61 Å². The van der Waals surface area contributed by atoms with E-state index < -0.39 is 0 Å². The Kier molecular flexibility index (Phi) is 10.6. The highest BCUT2D eigenvalue weighted by molar-refractivity contribution is 14.0. The average Bonchev–Trinajstić information content (AvgIpc) is 2.80. The minimum Gasteiger partial charge on any atom is -0.494 e. The van der Waals surface area contributed by atoms with Crippen LogP contribution in [0.25, 0.3) is 0 Å². The maximum absolute atomic E-state index is 5.81. The Bertz CT molecular complexity index is 951. The second-order valence-corrected chi connectivity index (χ2v) is 6.60. The van der Waals surface area contributed by atoms with Crippen LogP contribution in [-0.2, 0) is 19.7 Å². The van der Waals surface area contributed by atoms with E-state index in [2.05, 4.69) is 20.6 Å². The number of hydrogen-bond donors (Lipinski definition) is 2. The zero-order valence-corrected chi connectivity index (χ0v) is 20.2. The van der Waals surface area contributed by atoms with Crippen molar-refractivity contribution in [2.45, 2.75) is 26.6 Å². The number of pyridine rings is 1. The third kappa shape index (κ3) is 8.09. The van der Waals surface area contributed by atoms with Gasteiger partial charge in [-0.1, -0.05) is 48.5 Å². The van der Waals surface area contributed by atoms with Crippen LogP contribution < -0.4 is 20.1 Å². The van der Waals surface area contributed by atoms with Gasteiger partial charge in [-0.05, 0) is 30.2 Å². The highest BCUT2D eigenvalue weighted by Crippen LogP contribution is 2.17. The summed E-state index contributed by atoms with van der Waals surface area (Å²) in [6.07, 6.45) is 1.76. The second kappa shape index (κ2) is 13.5. The van der Waals surface area contributed by atoms with E-state index in [1.54, 1.807) is 13.2 Å². The van der Waals surface area contributed by atoms with Gasteiger partial charge >= 0.3 is 0 Å². The van der Waals surface area contributed by atoms with Gasteiger partial charge in [0.2, 0.25) is 5.88 Å². The molecule has 0 spiro atoms. The van der Waals surface area contributed by atoms with Crippen LogP contribution in [0.3, 0.4) is 0 Å². The predicted molar refractivity (Wildman–Crippen MR) is 135 cm³/mol. The van der Waals surface area contributed by atoms with Gasteiger partial charge in [-0.2, -0.15) is 0 Å². The fraction of sp³-hybridized carbons (Fsp3) is 0.250. The molecule has 0 saturated carbocycles. The maximum atomic E-state index is 5.81. The van der Waals surface area contributed by atoms with E-state index in [0.717, 1.165) is 22.4 Å². The molecule has 0 fully saturated rings. The van der Waals surface area contributed by atoms with E-state index in [9.17, 15) is 0 Å². The Morgan fingerprint density at radius 2 is 1.65 bits per heavy atom. The van der Waals surface area contributed by atoms with Crippen molar-refractivity contribution in [1.29, 1.82) is 0 Å². The summed E-state index contributed by atoms with van der Waals surface area (Å²) in [5.74, 6) is 2.20. The van der Waals surface area contributed by atoms with Crippen molar-refractivity contribution in [1.82, 2.24) is 15.6 Å². The summed E-state index contributed by atoms with van der Waals surface area (Å²) < 4.78 is 11.5. The first kappa shape index (κ1) is 24.5. The van der Waals surface area contributed by atoms with E-state index in [4.69, 9.17) is 9.47 Å². The number of nitrogens with one attached hydrogen (secondary N) is 2. The van der Waals surface area contributed by atoms with Crippen LogP contribution in [0.2, 0.25) is 0 Å². The van der Waals surface area contributed by atoms with Gasteiger partial charge in [0.15, 0.2) is 5.96 Å². The van der Waals surface area contributed by atoms with E-state index in [-0.39, 0.29) is 24.0 Å². The Labute approximate surface area is 201 Å². The molecule has 0 amide bonds. The number of nitrogens with zero attached hydrogens (tertiary/aromatic N) is 2. The molecule has 0 saturated heterocycles. The normalized spacial score (nSPS) is 10.7. The second-order valence-electron chi connectivity index (χ2n) is 6.60. The third-order valence-corrected chi connectivity index (χ3v) is 4.43. The largest absolute Gasteiger partial charge is 0.494 e. The highest BCUT2D eigenvalue weighted by Gasteiger charge is 2.05. The van der Waals surface area contributed by atoms with Crippen LogP contribution >= 0.6 is 24.0 Å². The minimum atomic E-state index is 0. The molecule has 6 nitrogen and oxygen atoms in total. The van der Waals surface area contributed by atoms with Gasteiger partial charge in [0.25, 0.3) is 0 Å². The fourth-order valence-corrected chi connectivity index (χ4v) is 2.90. The first-order valence-corrected chi connectivity index (χ1v) is 10.1. The molecular weight excluding hydrogens is 503 g/mol. The lowest BCUT2D eigenvalue weighted by Gasteiger charge is -2.14. The molecule has 31 heavy (non-hydrogen) atoms. The molecule has 7 heteroatoms. The lowest BCUT2D eigenvalue weighted by atomic mass is 10.2. The molecule has 3 aromatic rings. The summed E-state index contributed by atoms with van der Waals surface area (Å²) in [4.78, 5) is 8.59. The molecular formula is C24H29IN4O2.